The number of amides is 1. The summed E-state index contributed by atoms with van der Waals surface area (Å²) >= 11 is 0. The van der Waals surface area contributed by atoms with Crippen LogP contribution in [0.15, 0.2) is 29.2 Å². The van der Waals surface area contributed by atoms with Crippen LogP contribution in [-0.4, -0.2) is 37.2 Å². The van der Waals surface area contributed by atoms with Gasteiger partial charge < -0.3 is 10.4 Å². The second-order valence-corrected chi connectivity index (χ2v) is 6.48. The molecule has 1 amide bonds. The van der Waals surface area contributed by atoms with Crippen molar-refractivity contribution in [3.63, 3.8) is 0 Å². The lowest BCUT2D eigenvalue weighted by atomic mass is 10.1. The Labute approximate surface area is 117 Å². The highest BCUT2D eigenvalue weighted by molar-refractivity contribution is 7.91. The second kappa shape index (κ2) is 6.51. The van der Waals surface area contributed by atoms with Crippen LogP contribution in [0.3, 0.4) is 0 Å². The summed E-state index contributed by atoms with van der Waals surface area (Å²) in [4.78, 5) is 22.8. The first kappa shape index (κ1) is 16.2. The van der Waals surface area contributed by atoms with E-state index in [1.807, 2.05) is 0 Å². The molecular formula is C13H17NO5S. The van der Waals surface area contributed by atoms with Crippen molar-refractivity contribution < 1.29 is 23.1 Å². The van der Waals surface area contributed by atoms with E-state index in [1.165, 1.54) is 31.2 Å². The first-order valence-electron chi connectivity index (χ1n) is 6.18. The summed E-state index contributed by atoms with van der Waals surface area (Å²) in [5.74, 6) is -1.80. The molecule has 0 spiro atoms. The molecule has 0 bridgehead atoms. The quantitative estimate of drug-likeness (QED) is 0.818. The molecule has 0 aliphatic heterocycles. The molecule has 0 aliphatic carbocycles. The Balaban J connectivity index is 3.01. The van der Waals surface area contributed by atoms with Gasteiger partial charge in [0, 0.05) is 5.56 Å². The van der Waals surface area contributed by atoms with Crippen LogP contribution in [0.25, 0.3) is 0 Å². The topological polar surface area (TPSA) is 101 Å². The Morgan fingerprint density at radius 1 is 1.30 bits per heavy atom. The van der Waals surface area contributed by atoms with E-state index < -0.39 is 27.8 Å². The van der Waals surface area contributed by atoms with Gasteiger partial charge in [-0.25, -0.2) is 13.2 Å². The van der Waals surface area contributed by atoms with Crippen molar-refractivity contribution >= 4 is 21.7 Å². The van der Waals surface area contributed by atoms with Crippen LogP contribution in [0.1, 0.15) is 30.6 Å². The van der Waals surface area contributed by atoms with Gasteiger partial charge in [0.1, 0.15) is 6.04 Å². The molecule has 7 heteroatoms. The van der Waals surface area contributed by atoms with Crippen LogP contribution < -0.4 is 5.32 Å². The Morgan fingerprint density at radius 2 is 1.95 bits per heavy atom. The first-order chi connectivity index (χ1) is 9.31. The van der Waals surface area contributed by atoms with E-state index in [1.54, 1.807) is 6.92 Å². The van der Waals surface area contributed by atoms with Crippen molar-refractivity contribution in [2.45, 2.75) is 31.2 Å². The minimum Gasteiger partial charge on any atom is -0.480 e. The number of rotatable bonds is 6. The Hall–Kier alpha value is -1.89. The third-order valence-corrected chi connectivity index (χ3v) is 4.58. The molecule has 0 aliphatic rings. The molecule has 1 atom stereocenters. The summed E-state index contributed by atoms with van der Waals surface area (Å²) < 4.78 is 23.5. The predicted octanol–water partition coefficient (Wildman–Crippen LogP) is 1.07. The number of aliphatic carboxylic acids is 1. The molecule has 1 aromatic rings. The standard InChI is InChI=1S/C13H17NO5S/c1-3-11(13(16)17)14-12(15)9-6-5-7-10(8-9)20(18,19)4-2/h5-8,11H,3-4H2,1-2H3,(H,14,15)(H,16,17). The number of carbonyl (C=O) groups is 2. The average molecular weight is 299 g/mol. The number of benzene rings is 1. The van der Waals surface area contributed by atoms with Crippen LogP contribution in [0.4, 0.5) is 0 Å². The molecule has 1 rings (SSSR count). The smallest absolute Gasteiger partial charge is 0.326 e. The Kier molecular flexibility index (Phi) is 5.26. The van der Waals surface area contributed by atoms with Crippen LogP contribution in [0, 0.1) is 0 Å². The molecule has 0 heterocycles. The molecule has 1 aromatic carbocycles. The number of sulfone groups is 1. The first-order valence-corrected chi connectivity index (χ1v) is 7.83. The third kappa shape index (κ3) is 3.80. The fourth-order valence-corrected chi connectivity index (χ4v) is 2.50. The minimum atomic E-state index is -3.40. The molecule has 0 saturated carbocycles. The number of carboxylic acids is 1. The van der Waals surface area contributed by atoms with E-state index >= 15 is 0 Å². The van der Waals surface area contributed by atoms with Gasteiger partial charge in [0.05, 0.1) is 10.6 Å². The maximum Gasteiger partial charge on any atom is 0.326 e. The van der Waals surface area contributed by atoms with Crippen LogP contribution in [0.2, 0.25) is 0 Å². The zero-order valence-corrected chi connectivity index (χ0v) is 12.1. The molecule has 20 heavy (non-hydrogen) atoms. The lowest BCUT2D eigenvalue weighted by molar-refractivity contribution is -0.139. The third-order valence-electron chi connectivity index (χ3n) is 2.85. The summed E-state index contributed by atoms with van der Waals surface area (Å²) in [6, 6.07) is 4.57. The van der Waals surface area contributed by atoms with Gasteiger partial charge in [-0.1, -0.05) is 19.9 Å². The largest absolute Gasteiger partial charge is 0.480 e. The molecule has 0 saturated heterocycles. The van der Waals surface area contributed by atoms with E-state index in [0.717, 1.165) is 0 Å². The normalized spacial score (nSPS) is 12.7. The van der Waals surface area contributed by atoms with Gasteiger partial charge in [0.15, 0.2) is 9.84 Å². The van der Waals surface area contributed by atoms with Crippen molar-refractivity contribution in [3.8, 4) is 0 Å². The van der Waals surface area contributed by atoms with Crippen LogP contribution >= 0.6 is 0 Å². The molecule has 1 unspecified atom stereocenters. The van der Waals surface area contributed by atoms with Gasteiger partial charge in [0.2, 0.25) is 0 Å². The zero-order chi connectivity index (χ0) is 15.3. The summed E-state index contributed by atoms with van der Waals surface area (Å²) in [5, 5.41) is 11.2. The summed E-state index contributed by atoms with van der Waals surface area (Å²) in [6.45, 7) is 3.15. The summed E-state index contributed by atoms with van der Waals surface area (Å²) in [7, 11) is -3.40. The zero-order valence-electron chi connectivity index (χ0n) is 11.3. The summed E-state index contributed by atoms with van der Waals surface area (Å²) in [5.41, 5.74) is 0.124. The lowest BCUT2D eigenvalue weighted by Gasteiger charge is -2.12. The van der Waals surface area contributed by atoms with E-state index in [4.69, 9.17) is 5.11 Å². The number of carbonyl (C=O) groups excluding carboxylic acids is 1. The molecule has 0 aromatic heterocycles. The van der Waals surface area contributed by atoms with Crippen molar-refractivity contribution in [2.24, 2.45) is 0 Å². The van der Waals surface area contributed by atoms with Gasteiger partial charge in [-0.05, 0) is 24.6 Å². The molecular weight excluding hydrogens is 282 g/mol. The number of hydrogen-bond acceptors (Lipinski definition) is 4. The van der Waals surface area contributed by atoms with Crippen molar-refractivity contribution in [2.75, 3.05) is 5.75 Å². The van der Waals surface area contributed by atoms with E-state index in [0.29, 0.717) is 0 Å². The van der Waals surface area contributed by atoms with Gasteiger partial charge in [0.25, 0.3) is 5.91 Å². The van der Waals surface area contributed by atoms with Gasteiger partial charge in [-0.15, -0.1) is 0 Å². The maximum atomic E-state index is 11.9. The SMILES string of the molecule is CCC(NC(=O)c1cccc(S(=O)(=O)CC)c1)C(=O)O. The molecule has 0 radical (unpaired) electrons. The van der Waals surface area contributed by atoms with E-state index in [-0.39, 0.29) is 22.6 Å². The molecule has 110 valence electrons. The van der Waals surface area contributed by atoms with Crippen LogP contribution in [0.5, 0.6) is 0 Å². The van der Waals surface area contributed by atoms with Crippen molar-refractivity contribution in [1.29, 1.82) is 0 Å². The average Bonchev–Trinajstić information content (AvgIpc) is 2.44. The van der Waals surface area contributed by atoms with Gasteiger partial charge in [-0.3, -0.25) is 4.79 Å². The highest BCUT2D eigenvalue weighted by atomic mass is 32.2. The predicted molar refractivity (Wildman–Crippen MR) is 73.3 cm³/mol. The number of nitrogens with one attached hydrogen (secondary N) is 1. The van der Waals surface area contributed by atoms with Crippen molar-refractivity contribution in [1.82, 2.24) is 5.32 Å². The highest BCUT2D eigenvalue weighted by Crippen LogP contribution is 2.13. The van der Waals surface area contributed by atoms with Crippen LogP contribution in [-0.2, 0) is 14.6 Å². The molecule has 6 nitrogen and oxygen atoms in total. The number of hydrogen-bond donors (Lipinski definition) is 2. The molecule has 2 N–H and O–H groups in total. The van der Waals surface area contributed by atoms with E-state index in [9.17, 15) is 18.0 Å². The van der Waals surface area contributed by atoms with E-state index in [2.05, 4.69) is 5.32 Å². The Bertz CT molecular complexity index is 609. The lowest BCUT2D eigenvalue weighted by Crippen LogP contribution is -2.40. The fraction of sp³-hybridized carbons (Fsp3) is 0.385. The minimum absolute atomic E-state index is 0.0519. The van der Waals surface area contributed by atoms with Gasteiger partial charge >= 0.3 is 5.97 Å². The fourth-order valence-electron chi connectivity index (χ4n) is 1.58. The monoisotopic (exact) mass is 299 g/mol. The van der Waals surface area contributed by atoms with Gasteiger partial charge in [-0.2, -0.15) is 0 Å². The maximum absolute atomic E-state index is 11.9. The molecule has 0 fully saturated rings. The Morgan fingerprint density at radius 3 is 2.45 bits per heavy atom. The summed E-state index contributed by atoms with van der Waals surface area (Å²) in [6.07, 6.45) is 0.244. The van der Waals surface area contributed by atoms with Crippen molar-refractivity contribution in [3.05, 3.63) is 29.8 Å². The number of carboxylic acid groups (broad SMARTS) is 1. The highest BCUT2D eigenvalue weighted by Gasteiger charge is 2.20. The second-order valence-electron chi connectivity index (χ2n) is 4.20.